The second-order valence-electron chi connectivity index (χ2n) is 5.36. The van der Waals surface area contributed by atoms with Crippen LogP contribution < -0.4 is 11.3 Å². The van der Waals surface area contributed by atoms with Gasteiger partial charge in [-0.15, -0.1) is 0 Å². The van der Waals surface area contributed by atoms with Crippen LogP contribution in [-0.4, -0.2) is 0 Å². The van der Waals surface area contributed by atoms with Crippen molar-refractivity contribution in [2.24, 2.45) is 5.84 Å². The van der Waals surface area contributed by atoms with Crippen molar-refractivity contribution in [1.29, 1.82) is 0 Å². The van der Waals surface area contributed by atoms with E-state index in [1.165, 1.54) is 34.4 Å². The summed E-state index contributed by atoms with van der Waals surface area (Å²) in [6, 6.07) is 10.9. The van der Waals surface area contributed by atoms with E-state index in [0.717, 1.165) is 12.0 Å². The second-order valence-corrected chi connectivity index (χ2v) is 5.36. The summed E-state index contributed by atoms with van der Waals surface area (Å²) >= 11 is 0. The van der Waals surface area contributed by atoms with Crippen LogP contribution in [0.1, 0.15) is 33.9 Å². The summed E-state index contributed by atoms with van der Waals surface area (Å²) in [6.07, 6.45) is 0.738. The summed E-state index contributed by atoms with van der Waals surface area (Å²) in [5.41, 5.74) is 8.89. The van der Waals surface area contributed by atoms with E-state index in [1.54, 1.807) is 12.1 Å². The van der Waals surface area contributed by atoms with E-state index in [0.29, 0.717) is 0 Å². The average molecular weight is 272 g/mol. The zero-order valence-electron chi connectivity index (χ0n) is 12.2. The Kier molecular flexibility index (Phi) is 4.53. The van der Waals surface area contributed by atoms with Gasteiger partial charge in [0, 0.05) is 0 Å². The van der Waals surface area contributed by atoms with Gasteiger partial charge in [-0.05, 0) is 61.6 Å². The van der Waals surface area contributed by atoms with E-state index >= 15 is 0 Å². The highest BCUT2D eigenvalue weighted by Crippen LogP contribution is 2.26. The van der Waals surface area contributed by atoms with E-state index in [2.05, 4.69) is 38.3 Å². The molecule has 1 atom stereocenters. The van der Waals surface area contributed by atoms with Gasteiger partial charge in [0.05, 0.1) is 6.04 Å². The third-order valence-corrected chi connectivity index (χ3v) is 3.64. The van der Waals surface area contributed by atoms with Gasteiger partial charge in [0.2, 0.25) is 0 Å². The first-order chi connectivity index (χ1) is 9.51. The van der Waals surface area contributed by atoms with Crippen molar-refractivity contribution >= 4 is 0 Å². The number of hydrazine groups is 1. The van der Waals surface area contributed by atoms with Crippen LogP contribution in [0.5, 0.6) is 0 Å². The van der Waals surface area contributed by atoms with Gasteiger partial charge in [-0.3, -0.25) is 11.3 Å². The molecule has 0 radical (unpaired) electrons. The fourth-order valence-corrected chi connectivity index (χ4v) is 2.84. The third kappa shape index (κ3) is 3.24. The quantitative estimate of drug-likeness (QED) is 0.660. The fourth-order valence-electron chi connectivity index (χ4n) is 2.84. The number of rotatable bonds is 4. The Bertz CT molecular complexity index is 567. The SMILES string of the molecule is Cc1cc(C)c(C(Cc2ccc(F)cc2)NN)c(C)c1. The summed E-state index contributed by atoms with van der Waals surface area (Å²) in [5.74, 6) is 5.52. The molecule has 0 saturated carbocycles. The molecule has 2 rings (SSSR count). The van der Waals surface area contributed by atoms with Crippen LogP contribution in [0.25, 0.3) is 0 Å². The van der Waals surface area contributed by atoms with E-state index in [-0.39, 0.29) is 11.9 Å². The number of nitrogens with one attached hydrogen (secondary N) is 1. The van der Waals surface area contributed by atoms with E-state index in [4.69, 9.17) is 5.84 Å². The Balaban J connectivity index is 2.31. The molecular weight excluding hydrogens is 251 g/mol. The molecule has 0 heterocycles. The monoisotopic (exact) mass is 272 g/mol. The van der Waals surface area contributed by atoms with Gasteiger partial charge in [0.1, 0.15) is 5.82 Å². The fraction of sp³-hybridized carbons (Fsp3) is 0.294. The number of hydrogen-bond donors (Lipinski definition) is 2. The maximum Gasteiger partial charge on any atom is 0.123 e. The molecule has 0 aromatic heterocycles. The molecule has 0 bridgehead atoms. The second kappa shape index (κ2) is 6.16. The molecule has 2 aromatic rings. The van der Waals surface area contributed by atoms with Crippen molar-refractivity contribution < 1.29 is 4.39 Å². The van der Waals surface area contributed by atoms with Gasteiger partial charge in [-0.2, -0.15) is 0 Å². The van der Waals surface area contributed by atoms with Crippen molar-refractivity contribution in [3.8, 4) is 0 Å². The summed E-state index contributed by atoms with van der Waals surface area (Å²) < 4.78 is 13.0. The summed E-state index contributed by atoms with van der Waals surface area (Å²) in [7, 11) is 0. The molecular formula is C17H21FN2. The largest absolute Gasteiger partial charge is 0.271 e. The maximum absolute atomic E-state index is 13.0. The Morgan fingerprint density at radius 2 is 1.60 bits per heavy atom. The zero-order valence-corrected chi connectivity index (χ0v) is 12.2. The highest BCUT2D eigenvalue weighted by Gasteiger charge is 2.16. The number of benzene rings is 2. The first kappa shape index (κ1) is 14.7. The first-order valence-electron chi connectivity index (χ1n) is 6.79. The van der Waals surface area contributed by atoms with Crippen LogP contribution in [0.3, 0.4) is 0 Å². The number of aryl methyl sites for hydroxylation is 3. The Hall–Kier alpha value is -1.71. The van der Waals surface area contributed by atoms with Crippen molar-refractivity contribution in [3.05, 3.63) is 70.0 Å². The molecule has 0 fully saturated rings. The molecule has 3 heteroatoms. The molecule has 0 aliphatic rings. The minimum Gasteiger partial charge on any atom is -0.271 e. The molecule has 0 spiro atoms. The van der Waals surface area contributed by atoms with E-state index in [1.807, 2.05) is 0 Å². The molecule has 3 N–H and O–H groups in total. The minimum atomic E-state index is -0.214. The number of hydrogen-bond acceptors (Lipinski definition) is 2. The minimum absolute atomic E-state index is 0.0288. The summed E-state index contributed by atoms with van der Waals surface area (Å²) in [4.78, 5) is 0. The number of halogens is 1. The van der Waals surface area contributed by atoms with Crippen LogP contribution >= 0.6 is 0 Å². The van der Waals surface area contributed by atoms with Gasteiger partial charge in [-0.1, -0.05) is 29.8 Å². The molecule has 2 aromatic carbocycles. The maximum atomic E-state index is 13.0. The molecule has 0 saturated heterocycles. The highest BCUT2D eigenvalue weighted by molar-refractivity contribution is 5.40. The summed E-state index contributed by atoms with van der Waals surface area (Å²) in [6.45, 7) is 6.29. The summed E-state index contributed by atoms with van der Waals surface area (Å²) in [5, 5.41) is 0. The van der Waals surface area contributed by atoms with Crippen LogP contribution in [0.2, 0.25) is 0 Å². The van der Waals surface area contributed by atoms with Gasteiger partial charge in [0.25, 0.3) is 0 Å². The lowest BCUT2D eigenvalue weighted by Gasteiger charge is -2.21. The average Bonchev–Trinajstić information content (AvgIpc) is 2.38. The molecule has 2 nitrogen and oxygen atoms in total. The molecule has 0 aliphatic carbocycles. The Labute approximate surface area is 119 Å². The molecule has 0 amide bonds. The van der Waals surface area contributed by atoms with Crippen molar-refractivity contribution in [2.75, 3.05) is 0 Å². The van der Waals surface area contributed by atoms with E-state index in [9.17, 15) is 4.39 Å². The van der Waals surface area contributed by atoms with E-state index < -0.39 is 0 Å². The van der Waals surface area contributed by atoms with Gasteiger partial charge in [-0.25, -0.2) is 4.39 Å². The zero-order chi connectivity index (χ0) is 14.7. The van der Waals surface area contributed by atoms with Crippen LogP contribution in [0.15, 0.2) is 36.4 Å². The van der Waals surface area contributed by atoms with Crippen LogP contribution in [0, 0.1) is 26.6 Å². The van der Waals surface area contributed by atoms with Crippen molar-refractivity contribution in [1.82, 2.24) is 5.43 Å². The predicted molar refractivity (Wildman–Crippen MR) is 80.8 cm³/mol. The Morgan fingerprint density at radius 1 is 1.05 bits per heavy atom. The lowest BCUT2D eigenvalue weighted by atomic mass is 9.91. The Morgan fingerprint density at radius 3 is 2.10 bits per heavy atom. The molecule has 1 unspecified atom stereocenters. The van der Waals surface area contributed by atoms with Gasteiger partial charge < -0.3 is 0 Å². The first-order valence-corrected chi connectivity index (χ1v) is 6.79. The molecule has 0 aliphatic heterocycles. The van der Waals surface area contributed by atoms with Crippen molar-refractivity contribution in [2.45, 2.75) is 33.2 Å². The van der Waals surface area contributed by atoms with Crippen molar-refractivity contribution in [3.63, 3.8) is 0 Å². The van der Waals surface area contributed by atoms with Crippen LogP contribution in [-0.2, 0) is 6.42 Å². The highest BCUT2D eigenvalue weighted by atomic mass is 19.1. The predicted octanol–water partition coefficient (Wildman–Crippen LogP) is 3.50. The lowest BCUT2D eigenvalue weighted by Crippen LogP contribution is -2.30. The van der Waals surface area contributed by atoms with Gasteiger partial charge in [0.15, 0.2) is 0 Å². The topological polar surface area (TPSA) is 38.0 Å². The normalized spacial score (nSPS) is 12.4. The number of nitrogens with two attached hydrogens (primary N) is 1. The third-order valence-electron chi connectivity index (χ3n) is 3.64. The van der Waals surface area contributed by atoms with Gasteiger partial charge >= 0.3 is 0 Å². The smallest absolute Gasteiger partial charge is 0.123 e. The van der Waals surface area contributed by atoms with Crippen LogP contribution in [0.4, 0.5) is 4.39 Å². The molecule has 106 valence electrons. The molecule has 20 heavy (non-hydrogen) atoms. The lowest BCUT2D eigenvalue weighted by molar-refractivity contribution is 0.545. The standard InChI is InChI=1S/C17H21FN2/c1-11-8-12(2)17(13(3)9-11)16(20-19)10-14-4-6-15(18)7-5-14/h4-9,16,20H,10,19H2,1-3H3.